The number of carbonyl (C=O) groups excluding carboxylic acids is 2. The Morgan fingerprint density at radius 2 is 1.77 bits per heavy atom. The first-order chi connectivity index (χ1) is 14.8. The molecular formula is C23H20N4O4. The summed E-state index contributed by atoms with van der Waals surface area (Å²) in [5.41, 5.74) is 2.06. The van der Waals surface area contributed by atoms with Gasteiger partial charge in [0.2, 0.25) is 5.71 Å². The van der Waals surface area contributed by atoms with Crippen LogP contribution in [0.4, 0.5) is 11.4 Å². The van der Waals surface area contributed by atoms with Gasteiger partial charge in [0.15, 0.2) is 0 Å². The van der Waals surface area contributed by atoms with Crippen molar-refractivity contribution in [2.75, 3.05) is 10.6 Å². The molecule has 0 fully saturated rings. The lowest BCUT2D eigenvalue weighted by atomic mass is 10.1. The molecular weight excluding hydrogens is 396 g/mol. The molecule has 0 aliphatic heterocycles. The van der Waals surface area contributed by atoms with Crippen LogP contribution in [0.15, 0.2) is 64.1 Å². The van der Waals surface area contributed by atoms with Gasteiger partial charge in [-0.3, -0.25) is 14.4 Å². The van der Waals surface area contributed by atoms with E-state index in [1.165, 1.54) is 10.9 Å². The third-order valence-corrected chi connectivity index (χ3v) is 4.87. The molecule has 0 spiro atoms. The Labute approximate surface area is 177 Å². The van der Waals surface area contributed by atoms with Gasteiger partial charge in [0, 0.05) is 12.7 Å². The molecule has 4 rings (SSSR count). The number of aryl methyl sites for hydroxylation is 3. The van der Waals surface area contributed by atoms with Crippen molar-refractivity contribution in [2.24, 2.45) is 7.05 Å². The van der Waals surface area contributed by atoms with E-state index in [2.05, 4.69) is 15.6 Å². The van der Waals surface area contributed by atoms with Crippen LogP contribution in [-0.4, -0.2) is 21.4 Å². The first-order valence-electron chi connectivity index (χ1n) is 9.58. The van der Waals surface area contributed by atoms with Crippen LogP contribution in [0.1, 0.15) is 32.0 Å². The summed E-state index contributed by atoms with van der Waals surface area (Å²) in [6.07, 6.45) is 1.33. The van der Waals surface area contributed by atoms with Gasteiger partial charge in [-0.05, 0) is 43.7 Å². The van der Waals surface area contributed by atoms with E-state index in [4.69, 9.17) is 4.42 Å². The number of hydrogen-bond donors (Lipinski definition) is 2. The van der Waals surface area contributed by atoms with Crippen molar-refractivity contribution in [3.8, 4) is 0 Å². The normalized spacial score (nSPS) is 10.8. The highest BCUT2D eigenvalue weighted by molar-refractivity contribution is 6.16. The third-order valence-electron chi connectivity index (χ3n) is 4.87. The molecule has 2 amide bonds. The van der Waals surface area contributed by atoms with Gasteiger partial charge in [0.1, 0.15) is 17.5 Å². The minimum absolute atomic E-state index is 0.0937. The maximum absolute atomic E-state index is 13.1. The van der Waals surface area contributed by atoms with Gasteiger partial charge in [-0.2, -0.15) is 0 Å². The van der Waals surface area contributed by atoms with Gasteiger partial charge in [0.25, 0.3) is 17.4 Å². The molecule has 2 N–H and O–H groups in total. The summed E-state index contributed by atoms with van der Waals surface area (Å²) in [5.74, 6) is -0.657. The number of nitrogens with one attached hydrogen (secondary N) is 2. The summed E-state index contributed by atoms with van der Waals surface area (Å²) in [6.45, 7) is 3.52. The van der Waals surface area contributed by atoms with E-state index in [0.717, 1.165) is 5.56 Å². The van der Waals surface area contributed by atoms with E-state index in [1.54, 1.807) is 44.3 Å². The van der Waals surface area contributed by atoms with Crippen LogP contribution in [-0.2, 0) is 7.05 Å². The standard InChI is InChI=1S/C23H20N4O4/c1-13-7-6-8-15(11-13)25-20(28)16-9-4-5-10-17(16)26-21(29)18-14(2)31-22-19(18)23(30)27(3)12-24-22/h4-12H,1-3H3,(H,25,28)(H,26,29). The lowest BCUT2D eigenvalue weighted by molar-refractivity contribution is 0.102. The summed E-state index contributed by atoms with van der Waals surface area (Å²) in [4.78, 5) is 42.5. The molecule has 2 aromatic carbocycles. The Morgan fingerprint density at radius 1 is 1.00 bits per heavy atom. The Hall–Kier alpha value is -4.20. The predicted molar refractivity (Wildman–Crippen MR) is 118 cm³/mol. The highest BCUT2D eigenvalue weighted by Crippen LogP contribution is 2.24. The minimum atomic E-state index is -0.558. The van der Waals surface area contributed by atoms with Gasteiger partial charge >= 0.3 is 0 Å². The molecule has 156 valence electrons. The average molecular weight is 416 g/mol. The monoisotopic (exact) mass is 416 g/mol. The molecule has 0 aliphatic carbocycles. The predicted octanol–water partition coefficient (Wildman–Crippen LogP) is 3.65. The second kappa shape index (κ2) is 7.91. The number of amides is 2. The number of benzene rings is 2. The van der Waals surface area contributed by atoms with Crippen LogP contribution in [0.3, 0.4) is 0 Å². The zero-order chi connectivity index (χ0) is 22.1. The number of furan rings is 1. The molecule has 0 unspecified atom stereocenters. The minimum Gasteiger partial charge on any atom is -0.442 e. The Morgan fingerprint density at radius 3 is 2.55 bits per heavy atom. The third kappa shape index (κ3) is 3.83. The number of rotatable bonds is 4. The van der Waals surface area contributed by atoms with Crippen molar-refractivity contribution in [1.29, 1.82) is 0 Å². The fourth-order valence-electron chi connectivity index (χ4n) is 3.36. The summed E-state index contributed by atoms with van der Waals surface area (Å²) >= 11 is 0. The molecule has 4 aromatic rings. The van der Waals surface area contributed by atoms with Crippen LogP contribution in [0.2, 0.25) is 0 Å². The molecule has 0 bridgehead atoms. The zero-order valence-corrected chi connectivity index (χ0v) is 17.2. The number of aromatic nitrogens is 2. The van der Waals surface area contributed by atoms with E-state index < -0.39 is 11.5 Å². The van der Waals surface area contributed by atoms with Gasteiger partial charge in [-0.15, -0.1) is 0 Å². The van der Waals surface area contributed by atoms with Crippen LogP contribution in [0.5, 0.6) is 0 Å². The van der Waals surface area contributed by atoms with Crippen LogP contribution in [0, 0.1) is 13.8 Å². The van der Waals surface area contributed by atoms with Crippen molar-refractivity contribution in [3.63, 3.8) is 0 Å². The van der Waals surface area contributed by atoms with E-state index in [0.29, 0.717) is 11.4 Å². The molecule has 2 heterocycles. The molecule has 0 atom stereocenters. The average Bonchev–Trinajstić information content (AvgIpc) is 3.08. The number of nitrogens with zero attached hydrogens (tertiary/aromatic N) is 2. The van der Waals surface area contributed by atoms with E-state index in [-0.39, 0.29) is 33.9 Å². The first-order valence-corrected chi connectivity index (χ1v) is 9.58. The fraction of sp³-hybridized carbons (Fsp3) is 0.130. The molecule has 0 saturated heterocycles. The van der Waals surface area contributed by atoms with E-state index in [9.17, 15) is 14.4 Å². The van der Waals surface area contributed by atoms with Gasteiger partial charge in [-0.1, -0.05) is 24.3 Å². The molecule has 0 radical (unpaired) electrons. The zero-order valence-electron chi connectivity index (χ0n) is 17.2. The van der Waals surface area contributed by atoms with Crippen LogP contribution >= 0.6 is 0 Å². The second-order valence-corrected chi connectivity index (χ2v) is 7.20. The lowest BCUT2D eigenvalue weighted by Gasteiger charge is -2.12. The summed E-state index contributed by atoms with van der Waals surface area (Å²) in [7, 11) is 1.55. The number of anilines is 2. The van der Waals surface area contributed by atoms with Crippen LogP contribution < -0.4 is 16.2 Å². The van der Waals surface area contributed by atoms with Gasteiger partial charge in [-0.25, -0.2) is 4.98 Å². The summed E-state index contributed by atoms with van der Waals surface area (Å²) in [6, 6.07) is 14.1. The van der Waals surface area contributed by atoms with Gasteiger partial charge < -0.3 is 19.6 Å². The first kappa shape index (κ1) is 20.1. The largest absolute Gasteiger partial charge is 0.442 e. The molecule has 8 nitrogen and oxygen atoms in total. The summed E-state index contributed by atoms with van der Waals surface area (Å²) in [5, 5.41) is 5.67. The van der Waals surface area contributed by atoms with E-state index in [1.807, 2.05) is 25.1 Å². The molecule has 2 aromatic heterocycles. The fourth-order valence-corrected chi connectivity index (χ4v) is 3.36. The van der Waals surface area contributed by atoms with Crippen molar-refractivity contribution in [1.82, 2.24) is 9.55 Å². The molecule has 0 aliphatic rings. The Bertz CT molecular complexity index is 1380. The van der Waals surface area contributed by atoms with Crippen molar-refractivity contribution >= 4 is 34.3 Å². The number of hydrogen-bond acceptors (Lipinski definition) is 5. The lowest BCUT2D eigenvalue weighted by Crippen LogP contribution is -2.22. The molecule has 0 saturated carbocycles. The molecule has 8 heteroatoms. The highest BCUT2D eigenvalue weighted by atomic mass is 16.3. The SMILES string of the molecule is Cc1cccc(NC(=O)c2ccccc2NC(=O)c2c(C)oc3ncn(C)c(=O)c23)c1. The van der Waals surface area contributed by atoms with Crippen LogP contribution in [0.25, 0.3) is 11.1 Å². The topological polar surface area (TPSA) is 106 Å². The quantitative estimate of drug-likeness (QED) is 0.528. The maximum Gasteiger partial charge on any atom is 0.265 e. The summed E-state index contributed by atoms with van der Waals surface area (Å²) < 4.78 is 6.77. The number of para-hydroxylation sites is 1. The Balaban J connectivity index is 1.67. The smallest absolute Gasteiger partial charge is 0.265 e. The van der Waals surface area contributed by atoms with Crippen molar-refractivity contribution < 1.29 is 14.0 Å². The van der Waals surface area contributed by atoms with Crippen molar-refractivity contribution in [3.05, 3.63) is 87.7 Å². The molecule has 31 heavy (non-hydrogen) atoms. The Kier molecular flexibility index (Phi) is 5.12. The van der Waals surface area contributed by atoms with Gasteiger partial charge in [0.05, 0.1) is 16.8 Å². The number of carbonyl (C=O) groups is 2. The van der Waals surface area contributed by atoms with Crippen molar-refractivity contribution in [2.45, 2.75) is 13.8 Å². The highest BCUT2D eigenvalue weighted by Gasteiger charge is 2.23. The number of fused-ring (bicyclic) bond motifs is 1. The van der Waals surface area contributed by atoms with E-state index >= 15 is 0 Å². The maximum atomic E-state index is 13.1. The second-order valence-electron chi connectivity index (χ2n) is 7.20.